The maximum absolute atomic E-state index is 13.8. The van der Waals surface area contributed by atoms with Crippen molar-refractivity contribution in [3.8, 4) is 5.75 Å². The second-order valence-corrected chi connectivity index (χ2v) is 5.42. The number of nitrogens with zero attached hydrogens (tertiary/aromatic N) is 1. The van der Waals surface area contributed by atoms with Crippen LogP contribution in [0.15, 0.2) is 18.2 Å². The molecule has 0 unspecified atom stereocenters. The van der Waals surface area contributed by atoms with Gasteiger partial charge < -0.3 is 10.1 Å². The number of rotatable bonds is 6. The van der Waals surface area contributed by atoms with Gasteiger partial charge in [0.25, 0.3) is 0 Å². The molecule has 1 aromatic rings. The molecule has 0 aliphatic carbocycles. The van der Waals surface area contributed by atoms with E-state index in [0.29, 0.717) is 11.8 Å². The van der Waals surface area contributed by atoms with Crippen molar-refractivity contribution < 1.29 is 9.13 Å². The predicted molar refractivity (Wildman–Crippen MR) is 79.5 cm³/mol. The van der Waals surface area contributed by atoms with Gasteiger partial charge in [-0.2, -0.15) is 0 Å². The van der Waals surface area contributed by atoms with Gasteiger partial charge in [0.15, 0.2) is 11.6 Å². The first-order chi connectivity index (χ1) is 9.74. The van der Waals surface area contributed by atoms with Gasteiger partial charge >= 0.3 is 0 Å². The van der Waals surface area contributed by atoms with E-state index in [4.69, 9.17) is 4.74 Å². The second-order valence-electron chi connectivity index (χ2n) is 5.42. The van der Waals surface area contributed by atoms with Crippen LogP contribution in [0.2, 0.25) is 0 Å². The van der Waals surface area contributed by atoms with Gasteiger partial charge in [-0.05, 0) is 56.6 Å². The number of piperidine rings is 1. The van der Waals surface area contributed by atoms with E-state index in [1.54, 1.807) is 12.1 Å². The van der Waals surface area contributed by atoms with Crippen molar-refractivity contribution in [2.24, 2.45) is 0 Å². The molecule has 1 fully saturated rings. The average Bonchev–Trinajstić information content (AvgIpc) is 2.48. The Morgan fingerprint density at radius 2 is 2.10 bits per heavy atom. The van der Waals surface area contributed by atoms with Crippen LogP contribution in [0.3, 0.4) is 0 Å². The van der Waals surface area contributed by atoms with Crippen LogP contribution >= 0.6 is 0 Å². The molecule has 2 rings (SSSR count). The zero-order chi connectivity index (χ0) is 14.4. The molecule has 1 aromatic carbocycles. The molecule has 112 valence electrons. The van der Waals surface area contributed by atoms with Gasteiger partial charge in [-0.1, -0.05) is 13.0 Å². The van der Waals surface area contributed by atoms with E-state index in [2.05, 4.69) is 17.1 Å². The van der Waals surface area contributed by atoms with E-state index < -0.39 is 0 Å². The molecule has 20 heavy (non-hydrogen) atoms. The monoisotopic (exact) mass is 280 g/mol. The Bertz CT molecular complexity index is 419. The molecular formula is C16H25FN2O. The molecule has 1 aliphatic rings. The van der Waals surface area contributed by atoms with Crippen LogP contribution in [0.25, 0.3) is 0 Å². The molecule has 0 radical (unpaired) electrons. The fourth-order valence-corrected chi connectivity index (χ4v) is 2.89. The second kappa shape index (κ2) is 7.60. The number of methoxy groups -OCH3 is 1. The molecule has 1 N–H and O–H groups in total. The third kappa shape index (κ3) is 3.93. The van der Waals surface area contributed by atoms with E-state index in [1.807, 2.05) is 6.07 Å². The molecule has 1 heterocycles. The maximum atomic E-state index is 13.8. The Morgan fingerprint density at radius 1 is 1.35 bits per heavy atom. The summed E-state index contributed by atoms with van der Waals surface area (Å²) < 4.78 is 18.7. The minimum absolute atomic E-state index is 0.272. The topological polar surface area (TPSA) is 24.5 Å². The number of halogens is 1. The highest BCUT2D eigenvalue weighted by molar-refractivity contribution is 5.29. The Morgan fingerprint density at radius 3 is 2.70 bits per heavy atom. The summed E-state index contributed by atoms with van der Waals surface area (Å²) >= 11 is 0. The number of nitrogens with one attached hydrogen (secondary N) is 1. The van der Waals surface area contributed by atoms with Crippen molar-refractivity contribution in [2.45, 2.75) is 38.8 Å². The first-order valence-electron chi connectivity index (χ1n) is 7.51. The summed E-state index contributed by atoms with van der Waals surface area (Å²) in [6.07, 6.45) is 3.49. The zero-order valence-electron chi connectivity index (χ0n) is 12.5. The molecule has 0 atom stereocenters. The standard InChI is InChI=1S/C16H25FN2O/c1-3-10-19(14-6-8-18-9-7-14)12-13-4-5-16(20-2)15(17)11-13/h4-5,11,14,18H,3,6-10,12H2,1-2H3. The van der Waals surface area contributed by atoms with Crippen LogP contribution in [0.1, 0.15) is 31.7 Å². The normalized spacial score (nSPS) is 16.6. The highest BCUT2D eigenvalue weighted by Gasteiger charge is 2.20. The summed E-state index contributed by atoms with van der Waals surface area (Å²) in [5.41, 5.74) is 1.02. The first-order valence-corrected chi connectivity index (χ1v) is 7.51. The van der Waals surface area contributed by atoms with Crippen LogP contribution in [-0.4, -0.2) is 37.7 Å². The lowest BCUT2D eigenvalue weighted by atomic mass is 10.0. The fourth-order valence-electron chi connectivity index (χ4n) is 2.89. The summed E-state index contributed by atoms with van der Waals surface area (Å²) in [6.45, 7) is 6.25. The van der Waals surface area contributed by atoms with E-state index in [0.717, 1.165) is 38.2 Å². The van der Waals surface area contributed by atoms with Crippen molar-refractivity contribution >= 4 is 0 Å². The maximum Gasteiger partial charge on any atom is 0.165 e. The number of benzene rings is 1. The molecular weight excluding hydrogens is 255 g/mol. The van der Waals surface area contributed by atoms with Gasteiger partial charge in [0.1, 0.15) is 0 Å². The summed E-state index contributed by atoms with van der Waals surface area (Å²) in [6, 6.07) is 5.90. The van der Waals surface area contributed by atoms with Gasteiger partial charge in [-0.15, -0.1) is 0 Å². The quantitative estimate of drug-likeness (QED) is 0.867. The van der Waals surface area contributed by atoms with Crippen molar-refractivity contribution in [3.05, 3.63) is 29.6 Å². The Hall–Kier alpha value is -1.13. The van der Waals surface area contributed by atoms with Crippen LogP contribution in [0, 0.1) is 5.82 Å². The molecule has 0 bridgehead atoms. The zero-order valence-corrected chi connectivity index (χ0v) is 12.5. The van der Waals surface area contributed by atoms with Crippen molar-refractivity contribution in [1.82, 2.24) is 10.2 Å². The Balaban J connectivity index is 2.04. The summed E-state index contributed by atoms with van der Waals surface area (Å²) in [7, 11) is 1.50. The SMILES string of the molecule is CCCN(Cc1ccc(OC)c(F)c1)C1CCNCC1. The van der Waals surface area contributed by atoms with Crippen molar-refractivity contribution in [2.75, 3.05) is 26.7 Å². The van der Waals surface area contributed by atoms with Gasteiger partial charge in [0.2, 0.25) is 0 Å². The average molecular weight is 280 g/mol. The summed E-state index contributed by atoms with van der Waals surface area (Å²) in [4.78, 5) is 2.49. The molecule has 0 saturated carbocycles. The molecule has 0 amide bonds. The van der Waals surface area contributed by atoms with Crippen LogP contribution in [0.5, 0.6) is 5.75 Å². The number of hydrogen-bond donors (Lipinski definition) is 1. The molecule has 0 aromatic heterocycles. The van der Waals surface area contributed by atoms with Crippen molar-refractivity contribution in [1.29, 1.82) is 0 Å². The molecule has 4 heteroatoms. The largest absolute Gasteiger partial charge is 0.494 e. The number of ether oxygens (including phenoxy) is 1. The molecule has 1 saturated heterocycles. The van der Waals surface area contributed by atoms with Crippen LogP contribution < -0.4 is 10.1 Å². The van der Waals surface area contributed by atoms with Crippen molar-refractivity contribution in [3.63, 3.8) is 0 Å². The van der Waals surface area contributed by atoms with Crippen LogP contribution in [-0.2, 0) is 6.54 Å². The Kier molecular flexibility index (Phi) is 5.80. The Labute approximate surface area is 121 Å². The van der Waals surface area contributed by atoms with E-state index >= 15 is 0 Å². The summed E-state index contributed by atoms with van der Waals surface area (Å²) in [5.74, 6) is 0.0458. The third-order valence-corrected chi connectivity index (χ3v) is 3.94. The number of hydrogen-bond acceptors (Lipinski definition) is 3. The lowest BCUT2D eigenvalue weighted by molar-refractivity contribution is 0.154. The third-order valence-electron chi connectivity index (χ3n) is 3.94. The first kappa shape index (κ1) is 15.3. The van der Waals surface area contributed by atoms with E-state index in [-0.39, 0.29) is 5.82 Å². The smallest absolute Gasteiger partial charge is 0.165 e. The minimum Gasteiger partial charge on any atom is -0.494 e. The van der Waals surface area contributed by atoms with Gasteiger partial charge in [-0.25, -0.2) is 4.39 Å². The molecule has 3 nitrogen and oxygen atoms in total. The minimum atomic E-state index is -0.272. The van der Waals surface area contributed by atoms with Gasteiger partial charge in [0, 0.05) is 12.6 Å². The molecule has 0 spiro atoms. The lowest BCUT2D eigenvalue weighted by Gasteiger charge is -2.34. The van der Waals surface area contributed by atoms with E-state index in [9.17, 15) is 4.39 Å². The van der Waals surface area contributed by atoms with Crippen LogP contribution in [0.4, 0.5) is 4.39 Å². The summed E-state index contributed by atoms with van der Waals surface area (Å²) in [5, 5.41) is 3.40. The van der Waals surface area contributed by atoms with Gasteiger partial charge in [0.05, 0.1) is 7.11 Å². The highest BCUT2D eigenvalue weighted by atomic mass is 19.1. The fraction of sp³-hybridized carbons (Fsp3) is 0.625. The molecule has 1 aliphatic heterocycles. The lowest BCUT2D eigenvalue weighted by Crippen LogP contribution is -2.43. The van der Waals surface area contributed by atoms with Gasteiger partial charge in [-0.3, -0.25) is 4.90 Å². The highest BCUT2D eigenvalue weighted by Crippen LogP contribution is 2.21. The predicted octanol–water partition coefficient (Wildman–Crippen LogP) is 2.80. The van der Waals surface area contributed by atoms with E-state index in [1.165, 1.54) is 20.0 Å².